The smallest absolute Gasteiger partial charge is 0.341 e. The molecule has 0 spiro atoms. The fraction of sp³-hybridized carbons (Fsp3) is 0.333. The zero-order chi connectivity index (χ0) is 20.6. The SMILES string of the molecule is COC(=O)c1c(NC(=S)Nc2c(F)c(F)cc(F)c2F)sc2c1CCC(C)C2. The van der Waals surface area contributed by atoms with Crippen molar-refractivity contribution in [1.82, 2.24) is 0 Å². The molecule has 3 rings (SSSR count). The summed E-state index contributed by atoms with van der Waals surface area (Å²) >= 11 is 6.31. The van der Waals surface area contributed by atoms with Crippen LogP contribution in [0.5, 0.6) is 0 Å². The second kappa shape index (κ2) is 8.04. The highest BCUT2D eigenvalue weighted by molar-refractivity contribution is 7.80. The van der Waals surface area contributed by atoms with E-state index < -0.39 is 34.9 Å². The van der Waals surface area contributed by atoms with Crippen LogP contribution in [0, 0.1) is 29.2 Å². The lowest BCUT2D eigenvalue weighted by Crippen LogP contribution is -2.22. The lowest BCUT2D eigenvalue weighted by molar-refractivity contribution is 0.0601. The third-order valence-corrected chi connectivity index (χ3v) is 5.85. The fourth-order valence-electron chi connectivity index (χ4n) is 3.09. The van der Waals surface area contributed by atoms with Gasteiger partial charge < -0.3 is 15.4 Å². The number of anilines is 2. The third kappa shape index (κ3) is 3.83. The summed E-state index contributed by atoms with van der Waals surface area (Å²) < 4.78 is 59.2. The van der Waals surface area contributed by atoms with Gasteiger partial charge in [0.2, 0.25) is 0 Å². The highest BCUT2D eigenvalue weighted by atomic mass is 32.1. The summed E-state index contributed by atoms with van der Waals surface area (Å²) in [6.45, 7) is 2.10. The van der Waals surface area contributed by atoms with Gasteiger partial charge in [-0.15, -0.1) is 11.3 Å². The summed E-state index contributed by atoms with van der Waals surface area (Å²) in [6, 6.07) is 0.107. The van der Waals surface area contributed by atoms with E-state index >= 15 is 0 Å². The molecule has 1 unspecified atom stereocenters. The van der Waals surface area contributed by atoms with Crippen molar-refractivity contribution < 1.29 is 27.1 Å². The van der Waals surface area contributed by atoms with Crippen molar-refractivity contribution in [2.24, 2.45) is 5.92 Å². The molecule has 0 fully saturated rings. The maximum atomic E-state index is 13.8. The summed E-state index contributed by atoms with van der Waals surface area (Å²) in [5.41, 5.74) is 0.115. The van der Waals surface area contributed by atoms with Gasteiger partial charge in [0.15, 0.2) is 28.4 Å². The van der Waals surface area contributed by atoms with Gasteiger partial charge in [-0.3, -0.25) is 0 Å². The molecule has 10 heteroatoms. The number of hydrogen-bond acceptors (Lipinski definition) is 4. The van der Waals surface area contributed by atoms with Gasteiger partial charge in [-0.1, -0.05) is 6.92 Å². The molecule has 4 nitrogen and oxygen atoms in total. The molecule has 1 heterocycles. The summed E-state index contributed by atoms with van der Waals surface area (Å²) in [6.07, 6.45) is 2.39. The lowest BCUT2D eigenvalue weighted by atomic mass is 9.88. The topological polar surface area (TPSA) is 50.4 Å². The first-order chi connectivity index (χ1) is 13.2. The Morgan fingerprint density at radius 3 is 2.46 bits per heavy atom. The molecule has 0 radical (unpaired) electrons. The van der Waals surface area contributed by atoms with Gasteiger partial charge in [-0.25, -0.2) is 22.4 Å². The van der Waals surface area contributed by atoms with E-state index in [0.717, 1.165) is 23.3 Å². The van der Waals surface area contributed by atoms with Crippen LogP contribution in [0.4, 0.5) is 28.3 Å². The molecule has 0 saturated heterocycles. The van der Waals surface area contributed by atoms with Crippen LogP contribution >= 0.6 is 23.6 Å². The summed E-state index contributed by atoms with van der Waals surface area (Å²) in [7, 11) is 1.25. The number of ether oxygens (including phenoxy) is 1. The summed E-state index contributed by atoms with van der Waals surface area (Å²) in [5, 5.41) is 4.85. The molecule has 0 aliphatic heterocycles. The minimum atomic E-state index is -1.60. The third-order valence-electron chi connectivity index (χ3n) is 4.48. The van der Waals surface area contributed by atoms with Gasteiger partial charge in [-0.05, 0) is 43.0 Å². The van der Waals surface area contributed by atoms with Gasteiger partial charge in [0.1, 0.15) is 10.7 Å². The first kappa shape index (κ1) is 20.5. The average molecular weight is 432 g/mol. The van der Waals surface area contributed by atoms with Crippen LogP contribution in [0.15, 0.2) is 6.07 Å². The van der Waals surface area contributed by atoms with Crippen molar-refractivity contribution in [3.05, 3.63) is 45.3 Å². The number of halogens is 4. The predicted molar refractivity (Wildman–Crippen MR) is 103 cm³/mol. The van der Waals surface area contributed by atoms with E-state index in [9.17, 15) is 22.4 Å². The molecule has 1 aliphatic rings. The maximum Gasteiger partial charge on any atom is 0.341 e. The van der Waals surface area contributed by atoms with Crippen molar-refractivity contribution in [2.75, 3.05) is 17.7 Å². The number of rotatable bonds is 3. The largest absolute Gasteiger partial charge is 0.465 e. The number of fused-ring (bicyclic) bond motifs is 1. The number of carbonyl (C=O) groups excluding carboxylic acids is 1. The number of methoxy groups -OCH3 is 1. The molecule has 0 bridgehead atoms. The van der Waals surface area contributed by atoms with Crippen LogP contribution in [0.3, 0.4) is 0 Å². The highest BCUT2D eigenvalue weighted by Crippen LogP contribution is 2.40. The van der Waals surface area contributed by atoms with Crippen LogP contribution in [0.2, 0.25) is 0 Å². The maximum absolute atomic E-state index is 13.8. The lowest BCUT2D eigenvalue weighted by Gasteiger charge is -2.18. The van der Waals surface area contributed by atoms with Gasteiger partial charge in [0.25, 0.3) is 0 Å². The quantitative estimate of drug-likeness (QED) is 0.309. The second-order valence-corrected chi connectivity index (χ2v) is 7.98. The molecule has 0 saturated carbocycles. The number of thiophene rings is 1. The van der Waals surface area contributed by atoms with Gasteiger partial charge in [0, 0.05) is 10.9 Å². The van der Waals surface area contributed by atoms with E-state index in [1.54, 1.807) is 0 Å². The molecule has 1 aliphatic carbocycles. The van der Waals surface area contributed by atoms with Crippen molar-refractivity contribution in [2.45, 2.75) is 26.2 Å². The van der Waals surface area contributed by atoms with E-state index in [4.69, 9.17) is 17.0 Å². The van der Waals surface area contributed by atoms with E-state index in [2.05, 4.69) is 17.6 Å². The minimum Gasteiger partial charge on any atom is -0.465 e. The van der Waals surface area contributed by atoms with Crippen molar-refractivity contribution >= 4 is 45.3 Å². The van der Waals surface area contributed by atoms with Crippen LogP contribution in [-0.2, 0) is 17.6 Å². The number of hydrogen-bond donors (Lipinski definition) is 2. The Labute approximate surface area is 167 Å². The predicted octanol–water partition coefficient (Wildman–Crippen LogP) is 5.02. The average Bonchev–Trinajstić information content (AvgIpc) is 2.99. The molecule has 2 N–H and O–H groups in total. The van der Waals surface area contributed by atoms with E-state index in [1.807, 2.05) is 0 Å². The molecular formula is C18H16F4N2O2S2. The number of esters is 1. The Hall–Kier alpha value is -2.20. The molecule has 1 atom stereocenters. The molecular weight excluding hydrogens is 416 g/mol. The standard InChI is InChI=1S/C18H16F4N2O2S2/c1-7-3-4-8-11(5-7)28-16(12(8)17(25)26-2)24-18(27)23-15-13(21)9(19)6-10(20)14(15)22/h6-7H,3-5H2,1-2H3,(H2,23,24,27). The fourth-order valence-corrected chi connectivity index (χ4v) is 4.76. The van der Waals surface area contributed by atoms with Crippen molar-refractivity contribution in [3.8, 4) is 0 Å². The van der Waals surface area contributed by atoms with E-state index in [-0.39, 0.29) is 11.2 Å². The van der Waals surface area contributed by atoms with Crippen molar-refractivity contribution in [1.29, 1.82) is 0 Å². The van der Waals surface area contributed by atoms with Crippen LogP contribution in [0.25, 0.3) is 0 Å². The Kier molecular flexibility index (Phi) is 5.90. The van der Waals surface area contributed by atoms with Gasteiger partial charge in [0.05, 0.1) is 12.7 Å². The first-order valence-electron chi connectivity index (χ1n) is 8.36. The Bertz CT molecular complexity index is 936. The molecule has 28 heavy (non-hydrogen) atoms. The molecule has 150 valence electrons. The zero-order valence-electron chi connectivity index (χ0n) is 14.9. The molecule has 2 aromatic rings. The van der Waals surface area contributed by atoms with E-state index in [0.29, 0.717) is 22.9 Å². The van der Waals surface area contributed by atoms with Gasteiger partial charge >= 0.3 is 5.97 Å². The highest BCUT2D eigenvalue weighted by Gasteiger charge is 2.29. The number of benzene rings is 1. The van der Waals surface area contributed by atoms with E-state index in [1.165, 1.54) is 18.4 Å². The number of thiocarbonyl (C=S) groups is 1. The molecule has 1 aromatic heterocycles. The first-order valence-corrected chi connectivity index (χ1v) is 9.59. The zero-order valence-corrected chi connectivity index (χ0v) is 16.6. The van der Waals surface area contributed by atoms with Crippen LogP contribution in [0.1, 0.15) is 34.1 Å². The Morgan fingerprint density at radius 1 is 1.21 bits per heavy atom. The Morgan fingerprint density at radius 2 is 1.86 bits per heavy atom. The number of carbonyl (C=O) groups is 1. The summed E-state index contributed by atoms with van der Waals surface area (Å²) in [5.74, 6) is -6.43. The van der Waals surface area contributed by atoms with Crippen LogP contribution in [-0.4, -0.2) is 18.2 Å². The van der Waals surface area contributed by atoms with Gasteiger partial charge in [-0.2, -0.15) is 0 Å². The molecule has 1 aromatic carbocycles. The second-order valence-electron chi connectivity index (χ2n) is 6.47. The Balaban J connectivity index is 1.90. The molecule has 0 amide bonds. The van der Waals surface area contributed by atoms with Crippen LogP contribution < -0.4 is 10.6 Å². The number of nitrogens with one attached hydrogen (secondary N) is 2. The summed E-state index contributed by atoms with van der Waals surface area (Å²) in [4.78, 5) is 13.2. The van der Waals surface area contributed by atoms with Crippen molar-refractivity contribution in [3.63, 3.8) is 0 Å². The minimum absolute atomic E-state index is 0.107. The normalized spacial score (nSPS) is 15.7. The monoisotopic (exact) mass is 432 g/mol.